The maximum atomic E-state index is 14.5. The van der Waals surface area contributed by atoms with E-state index < -0.39 is 17.6 Å². The fraction of sp³-hybridized carbons (Fsp3) is 0.226. The molecule has 214 valence electrons. The number of carbonyl (C=O) groups excluding carboxylic acids is 1. The van der Waals surface area contributed by atoms with Crippen molar-refractivity contribution in [2.75, 3.05) is 11.9 Å². The zero-order valence-corrected chi connectivity index (χ0v) is 22.2. The molecule has 0 radical (unpaired) electrons. The fourth-order valence-corrected chi connectivity index (χ4v) is 4.94. The summed E-state index contributed by atoms with van der Waals surface area (Å²) in [4.78, 5) is 25.5. The van der Waals surface area contributed by atoms with Gasteiger partial charge in [0.25, 0.3) is 5.91 Å². The molecular formula is C31H25F4N5O2. The van der Waals surface area contributed by atoms with Crippen LogP contribution >= 0.6 is 0 Å². The molecule has 11 heteroatoms. The van der Waals surface area contributed by atoms with Crippen molar-refractivity contribution in [3.8, 4) is 11.5 Å². The number of pyridine rings is 2. The van der Waals surface area contributed by atoms with Crippen LogP contribution in [-0.2, 0) is 19.0 Å². The van der Waals surface area contributed by atoms with Crippen LogP contribution in [0.15, 0.2) is 84.2 Å². The summed E-state index contributed by atoms with van der Waals surface area (Å²) in [6, 6.07) is 14.6. The largest absolute Gasteiger partial charge is 0.457 e. The summed E-state index contributed by atoms with van der Waals surface area (Å²) >= 11 is 0. The highest BCUT2D eigenvalue weighted by Crippen LogP contribution is 2.47. The van der Waals surface area contributed by atoms with Crippen molar-refractivity contribution in [2.45, 2.75) is 25.4 Å². The zero-order valence-electron chi connectivity index (χ0n) is 22.2. The number of nitrogens with zero attached hydrogens (tertiary/aromatic N) is 3. The molecule has 1 fully saturated rings. The van der Waals surface area contributed by atoms with Crippen LogP contribution in [0.25, 0.3) is 0 Å². The molecule has 1 amide bonds. The summed E-state index contributed by atoms with van der Waals surface area (Å²) in [5.74, 6) is 0.399. The SMILES string of the molecule is O=C(NCCc1ccncc1)c1cc(Oc2ccc3c(c2)N=C(Nc2cc(C(F)(F)F)ccc2F)C2CC2C3)ccn1. The van der Waals surface area contributed by atoms with Crippen LogP contribution < -0.4 is 15.4 Å². The first-order valence-corrected chi connectivity index (χ1v) is 13.4. The second-order valence-electron chi connectivity index (χ2n) is 10.3. The Kier molecular flexibility index (Phi) is 7.32. The van der Waals surface area contributed by atoms with Crippen LogP contribution in [0.5, 0.6) is 11.5 Å². The van der Waals surface area contributed by atoms with Crippen molar-refractivity contribution in [2.24, 2.45) is 16.8 Å². The molecule has 1 aliphatic heterocycles. The van der Waals surface area contributed by atoms with E-state index in [1.807, 2.05) is 18.2 Å². The second kappa shape index (κ2) is 11.2. The molecule has 0 bridgehead atoms. The number of aliphatic imine (C=N–C) groups is 1. The number of carbonyl (C=O) groups is 1. The van der Waals surface area contributed by atoms with Crippen LogP contribution in [0.3, 0.4) is 0 Å². The van der Waals surface area contributed by atoms with E-state index in [9.17, 15) is 22.4 Å². The molecule has 1 saturated carbocycles. The van der Waals surface area contributed by atoms with Crippen molar-refractivity contribution in [1.29, 1.82) is 0 Å². The van der Waals surface area contributed by atoms with Gasteiger partial charge in [-0.3, -0.25) is 14.8 Å². The first-order valence-electron chi connectivity index (χ1n) is 13.4. The van der Waals surface area contributed by atoms with E-state index >= 15 is 0 Å². The lowest BCUT2D eigenvalue weighted by Crippen LogP contribution is -2.26. The van der Waals surface area contributed by atoms with Gasteiger partial charge in [-0.15, -0.1) is 0 Å². The van der Waals surface area contributed by atoms with Crippen LogP contribution in [-0.4, -0.2) is 28.3 Å². The van der Waals surface area contributed by atoms with Crippen LogP contribution in [0.1, 0.15) is 33.6 Å². The van der Waals surface area contributed by atoms with Crippen molar-refractivity contribution in [1.82, 2.24) is 15.3 Å². The maximum Gasteiger partial charge on any atom is 0.416 e. The van der Waals surface area contributed by atoms with Crippen LogP contribution in [0.4, 0.5) is 28.9 Å². The van der Waals surface area contributed by atoms with Gasteiger partial charge >= 0.3 is 6.18 Å². The molecule has 1 aliphatic carbocycles. The second-order valence-corrected chi connectivity index (χ2v) is 10.3. The number of benzene rings is 2. The monoisotopic (exact) mass is 575 g/mol. The van der Waals surface area contributed by atoms with Gasteiger partial charge in [0.15, 0.2) is 0 Å². The highest BCUT2D eigenvalue weighted by atomic mass is 19.4. The number of hydrogen-bond acceptors (Lipinski definition) is 6. The van der Waals surface area contributed by atoms with Crippen LogP contribution in [0.2, 0.25) is 0 Å². The third-order valence-corrected chi connectivity index (χ3v) is 7.26. The summed E-state index contributed by atoms with van der Waals surface area (Å²) in [5.41, 5.74) is 1.58. The number of hydrogen-bond donors (Lipinski definition) is 2. The topological polar surface area (TPSA) is 88.5 Å². The standard InChI is InChI=1S/C31H25F4N5O2/c32-25-4-2-21(31(33,34)35)15-27(25)40-29-24-14-20(24)13-19-1-3-22(16-26(19)39-29)42-23-8-12-37-28(17-23)30(41)38-11-7-18-5-9-36-10-6-18/h1-6,8-10,12,15-17,20,24H,7,11,13-14H2,(H,38,41)(H,39,40). The minimum Gasteiger partial charge on any atom is -0.457 e. The van der Waals surface area contributed by atoms with Crippen molar-refractivity contribution in [3.05, 3.63) is 107 Å². The number of ether oxygens (including phenoxy) is 1. The lowest BCUT2D eigenvalue weighted by atomic mass is 10.1. The molecule has 2 aromatic heterocycles. The molecule has 2 atom stereocenters. The Morgan fingerprint density at radius 3 is 2.60 bits per heavy atom. The van der Waals surface area contributed by atoms with Gasteiger partial charge in [0, 0.05) is 43.2 Å². The number of aromatic nitrogens is 2. The van der Waals surface area contributed by atoms with Gasteiger partial charge in [-0.1, -0.05) is 6.07 Å². The number of amides is 1. The van der Waals surface area contributed by atoms with Gasteiger partial charge in [-0.05, 0) is 78.8 Å². The Morgan fingerprint density at radius 1 is 0.976 bits per heavy atom. The van der Waals surface area contributed by atoms with Crippen molar-refractivity contribution in [3.63, 3.8) is 0 Å². The maximum absolute atomic E-state index is 14.5. The van der Waals surface area contributed by atoms with Gasteiger partial charge in [0.2, 0.25) is 0 Å². The molecular weight excluding hydrogens is 550 g/mol. The quantitative estimate of drug-likeness (QED) is 0.239. The summed E-state index contributed by atoms with van der Waals surface area (Å²) in [7, 11) is 0. The number of amidine groups is 1. The third-order valence-electron chi connectivity index (χ3n) is 7.26. The number of halogens is 4. The Morgan fingerprint density at radius 2 is 1.79 bits per heavy atom. The number of anilines is 1. The number of alkyl halides is 3. The molecule has 3 heterocycles. The molecule has 0 saturated heterocycles. The molecule has 2 aliphatic rings. The summed E-state index contributed by atoms with van der Waals surface area (Å²) in [6.07, 6.45) is 2.48. The van der Waals surface area contributed by atoms with Gasteiger partial charge in [0.1, 0.15) is 28.8 Å². The Labute approximate surface area is 238 Å². The van der Waals surface area contributed by atoms with Gasteiger partial charge in [-0.2, -0.15) is 13.2 Å². The van der Waals surface area contributed by atoms with Crippen LogP contribution in [0, 0.1) is 17.7 Å². The van der Waals surface area contributed by atoms with E-state index in [0.717, 1.165) is 36.1 Å². The van der Waals surface area contributed by atoms with E-state index in [4.69, 9.17) is 9.73 Å². The molecule has 0 spiro atoms. The Bertz CT molecular complexity index is 1660. The average Bonchev–Trinajstić information content (AvgIpc) is 3.75. The number of rotatable bonds is 7. The van der Waals surface area contributed by atoms with E-state index in [2.05, 4.69) is 20.6 Å². The molecule has 4 aromatic rings. The molecule has 2 N–H and O–H groups in total. The normalized spacial score (nSPS) is 17.3. The van der Waals surface area contributed by atoms with Gasteiger partial charge in [0.05, 0.1) is 16.9 Å². The van der Waals surface area contributed by atoms with E-state index in [1.165, 1.54) is 12.3 Å². The van der Waals surface area contributed by atoms with Gasteiger partial charge in [-0.25, -0.2) is 9.38 Å². The summed E-state index contributed by atoms with van der Waals surface area (Å²) in [5, 5.41) is 5.67. The first kappa shape index (κ1) is 27.4. The van der Waals surface area contributed by atoms with E-state index in [1.54, 1.807) is 30.6 Å². The highest BCUT2D eigenvalue weighted by molar-refractivity contribution is 6.01. The first-order chi connectivity index (χ1) is 20.2. The Balaban J connectivity index is 1.17. The number of fused-ring (bicyclic) bond motifs is 2. The highest BCUT2D eigenvalue weighted by Gasteiger charge is 2.43. The lowest BCUT2D eigenvalue weighted by molar-refractivity contribution is -0.137. The fourth-order valence-electron chi connectivity index (χ4n) is 4.94. The Hall–Kier alpha value is -4.80. The lowest BCUT2D eigenvalue weighted by Gasteiger charge is -2.14. The third kappa shape index (κ3) is 6.24. The summed E-state index contributed by atoms with van der Waals surface area (Å²) in [6.45, 7) is 0.432. The minimum atomic E-state index is -4.59. The van der Waals surface area contributed by atoms with E-state index in [0.29, 0.717) is 42.1 Å². The van der Waals surface area contributed by atoms with Crippen molar-refractivity contribution < 1.29 is 27.1 Å². The molecule has 2 unspecified atom stereocenters. The molecule has 7 nitrogen and oxygen atoms in total. The van der Waals surface area contributed by atoms with Crippen molar-refractivity contribution >= 4 is 23.1 Å². The van der Waals surface area contributed by atoms with Gasteiger partial charge < -0.3 is 15.4 Å². The predicted molar refractivity (Wildman–Crippen MR) is 148 cm³/mol. The smallest absolute Gasteiger partial charge is 0.416 e. The minimum absolute atomic E-state index is 0.00413. The average molecular weight is 576 g/mol. The molecule has 2 aromatic carbocycles. The molecule has 6 rings (SSSR count). The van der Waals surface area contributed by atoms with E-state index in [-0.39, 0.29) is 29.1 Å². The summed E-state index contributed by atoms with van der Waals surface area (Å²) < 4.78 is 60.1. The number of nitrogens with one attached hydrogen (secondary N) is 2. The predicted octanol–water partition coefficient (Wildman–Crippen LogP) is 6.73. The molecule has 42 heavy (non-hydrogen) atoms. The zero-order chi connectivity index (χ0) is 29.3.